The van der Waals surface area contributed by atoms with Crippen LogP contribution in [-0.4, -0.2) is 10.9 Å². The molecule has 0 radical (unpaired) electrons. The molecule has 6 heteroatoms. The number of nitrogen functional groups attached to an aromatic ring is 1. The number of nitrogens with one attached hydrogen (secondary N) is 1. The van der Waals surface area contributed by atoms with Gasteiger partial charge in [-0.1, -0.05) is 0 Å². The van der Waals surface area contributed by atoms with E-state index in [0.717, 1.165) is 5.39 Å². The molecule has 1 amide bonds. The number of hydrogen-bond acceptors (Lipinski definition) is 5. The summed E-state index contributed by atoms with van der Waals surface area (Å²) in [5.74, 6) is -0.0782. The summed E-state index contributed by atoms with van der Waals surface area (Å²) in [5, 5.41) is 5.79. The molecule has 0 atom stereocenters. The first-order valence-electron chi connectivity index (χ1n) is 5.22. The summed E-state index contributed by atoms with van der Waals surface area (Å²) < 4.78 is 5.44. The van der Waals surface area contributed by atoms with Gasteiger partial charge in [-0.15, -0.1) is 11.3 Å². The van der Waals surface area contributed by atoms with E-state index < -0.39 is 0 Å². The van der Waals surface area contributed by atoms with Gasteiger partial charge >= 0.3 is 0 Å². The van der Waals surface area contributed by atoms with Crippen molar-refractivity contribution in [3.05, 3.63) is 41.6 Å². The van der Waals surface area contributed by atoms with Crippen LogP contribution in [0.15, 0.2) is 40.3 Å². The highest BCUT2D eigenvalue weighted by Crippen LogP contribution is 2.22. The first kappa shape index (κ1) is 10.8. The molecule has 1 aromatic carbocycles. The Morgan fingerprint density at radius 2 is 2.28 bits per heavy atom. The smallest absolute Gasteiger partial charge is 0.293 e. The van der Waals surface area contributed by atoms with E-state index in [1.54, 1.807) is 35.8 Å². The van der Waals surface area contributed by atoms with Gasteiger partial charge in [0.25, 0.3) is 5.91 Å². The molecular weight excluding hydrogens is 250 g/mol. The molecule has 18 heavy (non-hydrogen) atoms. The van der Waals surface area contributed by atoms with Crippen LogP contribution in [0.3, 0.4) is 0 Å². The highest BCUT2D eigenvalue weighted by atomic mass is 32.1. The minimum Gasteiger partial charge on any atom is -0.451 e. The highest BCUT2D eigenvalue weighted by Gasteiger charge is 2.13. The monoisotopic (exact) mass is 259 g/mol. The van der Waals surface area contributed by atoms with Gasteiger partial charge in [-0.3, -0.25) is 10.1 Å². The SMILES string of the molecule is Nc1ccc2oc(C(=O)Nc3nccs3)cc2c1. The predicted molar refractivity (Wildman–Crippen MR) is 70.7 cm³/mol. The maximum absolute atomic E-state index is 11.9. The van der Waals surface area contributed by atoms with Crippen LogP contribution >= 0.6 is 11.3 Å². The molecule has 3 aromatic rings. The Morgan fingerprint density at radius 3 is 3.06 bits per heavy atom. The van der Waals surface area contributed by atoms with Crippen molar-refractivity contribution < 1.29 is 9.21 Å². The summed E-state index contributed by atoms with van der Waals surface area (Å²) in [4.78, 5) is 15.9. The quantitative estimate of drug-likeness (QED) is 0.693. The average Bonchev–Trinajstić information content (AvgIpc) is 2.96. The molecule has 3 rings (SSSR count). The van der Waals surface area contributed by atoms with E-state index in [0.29, 0.717) is 16.4 Å². The van der Waals surface area contributed by atoms with Gasteiger partial charge in [0.15, 0.2) is 10.9 Å². The van der Waals surface area contributed by atoms with Crippen molar-refractivity contribution in [1.29, 1.82) is 0 Å². The molecule has 0 unspecified atom stereocenters. The average molecular weight is 259 g/mol. The van der Waals surface area contributed by atoms with Gasteiger partial charge in [-0.25, -0.2) is 4.98 Å². The van der Waals surface area contributed by atoms with Crippen LogP contribution in [0.2, 0.25) is 0 Å². The van der Waals surface area contributed by atoms with Crippen molar-refractivity contribution >= 4 is 39.0 Å². The molecule has 0 aliphatic heterocycles. The number of nitrogens with two attached hydrogens (primary N) is 1. The van der Waals surface area contributed by atoms with E-state index in [9.17, 15) is 4.79 Å². The molecule has 2 heterocycles. The number of carbonyl (C=O) groups is 1. The van der Waals surface area contributed by atoms with Crippen molar-refractivity contribution in [1.82, 2.24) is 4.98 Å². The Bertz CT molecular complexity index is 703. The Morgan fingerprint density at radius 1 is 1.39 bits per heavy atom. The second-order valence-corrected chi connectivity index (χ2v) is 4.59. The lowest BCUT2D eigenvalue weighted by Crippen LogP contribution is -2.10. The number of thiazole rings is 1. The summed E-state index contributed by atoms with van der Waals surface area (Å²) in [5.41, 5.74) is 6.94. The maximum Gasteiger partial charge on any atom is 0.293 e. The summed E-state index contributed by atoms with van der Waals surface area (Å²) in [6, 6.07) is 6.90. The second kappa shape index (κ2) is 4.15. The van der Waals surface area contributed by atoms with Crippen molar-refractivity contribution in [3.8, 4) is 0 Å². The molecule has 2 aromatic heterocycles. The molecule has 5 nitrogen and oxygen atoms in total. The van der Waals surface area contributed by atoms with Crippen molar-refractivity contribution in [2.24, 2.45) is 0 Å². The Labute approximate surface area is 106 Å². The molecule has 0 aliphatic rings. The Kier molecular flexibility index (Phi) is 2.49. The van der Waals surface area contributed by atoms with Crippen LogP contribution in [0.4, 0.5) is 10.8 Å². The van der Waals surface area contributed by atoms with E-state index in [-0.39, 0.29) is 11.7 Å². The number of amides is 1. The number of fused-ring (bicyclic) bond motifs is 1. The van der Waals surface area contributed by atoms with Gasteiger partial charge in [0, 0.05) is 22.7 Å². The number of rotatable bonds is 2. The normalized spacial score (nSPS) is 10.7. The first-order chi connectivity index (χ1) is 8.72. The third-order valence-corrected chi connectivity index (χ3v) is 3.11. The molecule has 0 saturated carbocycles. The zero-order chi connectivity index (χ0) is 12.5. The molecule has 0 fully saturated rings. The highest BCUT2D eigenvalue weighted by molar-refractivity contribution is 7.13. The molecule has 90 valence electrons. The first-order valence-corrected chi connectivity index (χ1v) is 6.10. The molecular formula is C12H9N3O2S. The molecule has 0 saturated heterocycles. The predicted octanol–water partition coefficient (Wildman–Crippen LogP) is 2.72. The van der Waals surface area contributed by atoms with Crippen molar-refractivity contribution in [2.75, 3.05) is 11.1 Å². The minimum absolute atomic E-state index is 0.241. The van der Waals surface area contributed by atoms with Gasteiger partial charge in [-0.2, -0.15) is 0 Å². The number of carbonyl (C=O) groups excluding carboxylic acids is 1. The lowest BCUT2D eigenvalue weighted by molar-refractivity contribution is 0.0998. The number of anilines is 2. The third kappa shape index (κ3) is 1.93. The number of aromatic nitrogens is 1. The Hall–Kier alpha value is -2.34. The van der Waals surface area contributed by atoms with Crippen LogP contribution in [-0.2, 0) is 0 Å². The van der Waals surface area contributed by atoms with Gasteiger partial charge in [0.1, 0.15) is 5.58 Å². The van der Waals surface area contributed by atoms with Crippen molar-refractivity contribution in [2.45, 2.75) is 0 Å². The standard InChI is InChI=1S/C12H9N3O2S/c13-8-1-2-9-7(5-8)6-10(17-9)11(16)15-12-14-3-4-18-12/h1-6H,13H2,(H,14,15,16). The largest absolute Gasteiger partial charge is 0.451 e. The van der Waals surface area contributed by atoms with E-state index in [1.807, 2.05) is 0 Å². The fraction of sp³-hybridized carbons (Fsp3) is 0. The Balaban J connectivity index is 1.92. The molecule has 0 spiro atoms. The number of furan rings is 1. The van der Waals surface area contributed by atoms with E-state index >= 15 is 0 Å². The zero-order valence-electron chi connectivity index (χ0n) is 9.21. The fourth-order valence-electron chi connectivity index (χ4n) is 1.62. The number of benzene rings is 1. The molecule has 0 bridgehead atoms. The topological polar surface area (TPSA) is 81.1 Å². The summed E-state index contributed by atoms with van der Waals surface area (Å²) in [6.07, 6.45) is 1.62. The second-order valence-electron chi connectivity index (χ2n) is 3.70. The molecule has 0 aliphatic carbocycles. The van der Waals surface area contributed by atoms with E-state index in [2.05, 4.69) is 10.3 Å². The lowest BCUT2D eigenvalue weighted by atomic mass is 10.2. The van der Waals surface area contributed by atoms with Crippen LogP contribution < -0.4 is 11.1 Å². The summed E-state index contributed by atoms with van der Waals surface area (Å²) in [6.45, 7) is 0. The van der Waals surface area contributed by atoms with Gasteiger partial charge in [0.2, 0.25) is 0 Å². The van der Waals surface area contributed by atoms with Crippen LogP contribution in [0, 0.1) is 0 Å². The zero-order valence-corrected chi connectivity index (χ0v) is 10.0. The van der Waals surface area contributed by atoms with Gasteiger partial charge in [0.05, 0.1) is 0 Å². The molecule has 3 N–H and O–H groups in total. The number of nitrogens with zero attached hydrogens (tertiary/aromatic N) is 1. The van der Waals surface area contributed by atoms with Gasteiger partial charge < -0.3 is 10.2 Å². The fourth-order valence-corrected chi connectivity index (χ4v) is 2.14. The van der Waals surface area contributed by atoms with Crippen LogP contribution in [0.5, 0.6) is 0 Å². The van der Waals surface area contributed by atoms with E-state index in [1.165, 1.54) is 11.3 Å². The van der Waals surface area contributed by atoms with Crippen LogP contribution in [0.1, 0.15) is 10.6 Å². The minimum atomic E-state index is -0.320. The summed E-state index contributed by atoms with van der Waals surface area (Å²) >= 11 is 1.35. The maximum atomic E-state index is 11.9. The van der Waals surface area contributed by atoms with Gasteiger partial charge in [-0.05, 0) is 24.3 Å². The lowest BCUT2D eigenvalue weighted by Gasteiger charge is -1.96. The number of hydrogen-bond donors (Lipinski definition) is 2. The van der Waals surface area contributed by atoms with E-state index in [4.69, 9.17) is 10.2 Å². The van der Waals surface area contributed by atoms with Crippen LogP contribution in [0.25, 0.3) is 11.0 Å². The van der Waals surface area contributed by atoms with Crippen molar-refractivity contribution in [3.63, 3.8) is 0 Å². The summed E-state index contributed by atoms with van der Waals surface area (Å²) in [7, 11) is 0. The third-order valence-electron chi connectivity index (χ3n) is 2.42.